The second kappa shape index (κ2) is 3.55. The predicted octanol–water partition coefficient (Wildman–Crippen LogP) is -1.22. The molecule has 7 heteroatoms. The van der Waals surface area contributed by atoms with Gasteiger partial charge in [-0.3, -0.25) is 9.59 Å². The van der Waals surface area contributed by atoms with Gasteiger partial charge in [-0.2, -0.15) is 0 Å². The van der Waals surface area contributed by atoms with Crippen molar-refractivity contribution in [1.82, 2.24) is 0 Å². The lowest BCUT2D eigenvalue weighted by atomic mass is 9.56. The molecule has 0 radical (unpaired) electrons. The Hall–Kier alpha value is -1.08. The van der Waals surface area contributed by atoms with E-state index >= 15 is 0 Å². The van der Waals surface area contributed by atoms with E-state index in [0.717, 1.165) is 0 Å². The summed E-state index contributed by atoms with van der Waals surface area (Å²) in [6.45, 7) is 1.25. The SMILES string of the molecule is CCC(B(O)O)(C(=O)O)C(=O)O. The molecular formula is C5H9BO6. The summed E-state index contributed by atoms with van der Waals surface area (Å²) < 4.78 is 0. The van der Waals surface area contributed by atoms with E-state index in [1.165, 1.54) is 6.92 Å². The van der Waals surface area contributed by atoms with Crippen LogP contribution in [0.1, 0.15) is 13.3 Å². The van der Waals surface area contributed by atoms with E-state index in [1.54, 1.807) is 0 Å². The average molecular weight is 176 g/mol. The van der Waals surface area contributed by atoms with Crippen LogP contribution in [0.5, 0.6) is 0 Å². The minimum Gasteiger partial charge on any atom is -0.481 e. The van der Waals surface area contributed by atoms with Gasteiger partial charge in [0.05, 0.1) is 0 Å². The minimum atomic E-state index is -2.51. The molecule has 0 aromatic heterocycles. The Kier molecular flexibility index (Phi) is 3.23. The second-order valence-electron chi connectivity index (χ2n) is 2.31. The van der Waals surface area contributed by atoms with Gasteiger partial charge in [0.25, 0.3) is 0 Å². The summed E-state index contributed by atoms with van der Waals surface area (Å²) in [6, 6.07) is 0. The van der Waals surface area contributed by atoms with Crippen LogP contribution in [0.15, 0.2) is 0 Å². The van der Waals surface area contributed by atoms with Crippen LogP contribution in [-0.2, 0) is 9.59 Å². The minimum absolute atomic E-state index is 0.394. The summed E-state index contributed by atoms with van der Waals surface area (Å²) >= 11 is 0. The van der Waals surface area contributed by atoms with Crippen LogP contribution in [0.2, 0.25) is 5.31 Å². The van der Waals surface area contributed by atoms with Gasteiger partial charge in [-0.15, -0.1) is 0 Å². The second-order valence-corrected chi connectivity index (χ2v) is 2.31. The highest BCUT2D eigenvalue weighted by atomic mass is 16.4. The third-order valence-corrected chi connectivity index (χ3v) is 1.76. The third kappa shape index (κ3) is 1.41. The van der Waals surface area contributed by atoms with Crippen molar-refractivity contribution >= 4 is 19.1 Å². The van der Waals surface area contributed by atoms with E-state index in [0.29, 0.717) is 0 Å². The molecule has 0 aromatic rings. The zero-order valence-corrected chi connectivity index (χ0v) is 6.39. The van der Waals surface area contributed by atoms with Crippen LogP contribution >= 0.6 is 0 Å². The number of carboxylic acids is 2. The van der Waals surface area contributed by atoms with E-state index in [4.69, 9.17) is 20.3 Å². The van der Waals surface area contributed by atoms with Gasteiger partial charge in [0, 0.05) is 0 Å². The number of rotatable bonds is 4. The van der Waals surface area contributed by atoms with Gasteiger partial charge in [0.2, 0.25) is 0 Å². The molecule has 0 spiro atoms. The zero-order chi connectivity index (χ0) is 9.94. The van der Waals surface area contributed by atoms with Crippen molar-refractivity contribution in [3.8, 4) is 0 Å². The van der Waals surface area contributed by atoms with E-state index in [1.807, 2.05) is 0 Å². The molecular weight excluding hydrogens is 167 g/mol. The van der Waals surface area contributed by atoms with Gasteiger partial charge in [-0.05, 0) is 6.42 Å². The molecule has 0 saturated carbocycles. The van der Waals surface area contributed by atoms with Crippen molar-refractivity contribution in [1.29, 1.82) is 0 Å². The standard InChI is InChI=1S/C5H9BO6/c1-2-5(3(7)8,4(9)10)6(11)12/h11-12H,2H2,1H3,(H,7,8)(H,9,10). The van der Waals surface area contributed by atoms with Crippen molar-refractivity contribution in [2.24, 2.45) is 0 Å². The topological polar surface area (TPSA) is 115 Å². The molecule has 0 aromatic carbocycles. The molecule has 12 heavy (non-hydrogen) atoms. The lowest BCUT2D eigenvalue weighted by molar-refractivity contribution is -0.154. The molecule has 0 rings (SSSR count). The number of carboxylic acid groups (broad SMARTS) is 2. The molecule has 6 nitrogen and oxygen atoms in total. The van der Waals surface area contributed by atoms with E-state index in [-0.39, 0.29) is 0 Å². The van der Waals surface area contributed by atoms with Crippen molar-refractivity contribution in [2.45, 2.75) is 18.7 Å². The Morgan fingerprint density at radius 2 is 1.58 bits per heavy atom. The normalized spacial score (nSPS) is 10.9. The maximum atomic E-state index is 10.4. The molecule has 0 amide bonds. The molecule has 4 N–H and O–H groups in total. The molecule has 0 saturated heterocycles. The summed E-state index contributed by atoms with van der Waals surface area (Å²) in [6.07, 6.45) is -0.394. The fraction of sp³-hybridized carbons (Fsp3) is 0.600. The Balaban J connectivity index is 5.04. The van der Waals surface area contributed by atoms with Crippen molar-refractivity contribution < 1.29 is 29.9 Å². The van der Waals surface area contributed by atoms with Gasteiger partial charge >= 0.3 is 19.1 Å². The highest BCUT2D eigenvalue weighted by molar-refractivity contribution is 6.58. The van der Waals surface area contributed by atoms with Gasteiger partial charge in [0.1, 0.15) is 0 Å². The van der Waals surface area contributed by atoms with Crippen LogP contribution in [0, 0.1) is 0 Å². The Morgan fingerprint density at radius 3 is 1.58 bits per heavy atom. The Labute approximate surface area is 68.6 Å². The van der Waals surface area contributed by atoms with Gasteiger partial charge in [-0.25, -0.2) is 0 Å². The molecule has 0 aliphatic carbocycles. The number of carbonyl (C=O) groups is 2. The van der Waals surface area contributed by atoms with Crippen molar-refractivity contribution in [3.63, 3.8) is 0 Å². The highest BCUT2D eigenvalue weighted by Gasteiger charge is 2.55. The molecule has 68 valence electrons. The lowest BCUT2D eigenvalue weighted by Crippen LogP contribution is -2.45. The molecule has 0 fully saturated rings. The molecule has 0 bridgehead atoms. The Bertz CT molecular complexity index is 186. The first kappa shape index (κ1) is 10.9. The van der Waals surface area contributed by atoms with E-state index < -0.39 is 30.8 Å². The maximum Gasteiger partial charge on any atom is 0.481 e. The van der Waals surface area contributed by atoms with Crippen LogP contribution in [-0.4, -0.2) is 39.3 Å². The smallest absolute Gasteiger partial charge is 0.481 e. The van der Waals surface area contributed by atoms with E-state index in [9.17, 15) is 9.59 Å². The first-order valence-corrected chi connectivity index (χ1v) is 3.22. The van der Waals surface area contributed by atoms with Crippen molar-refractivity contribution in [3.05, 3.63) is 0 Å². The summed E-state index contributed by atoms with van der Waals surface area (Å²) in [5, 5.41) is 31.6. The molecule has 0 atom stereocenters. The fourth-order valence-electron chi connectivity index (χ4n) is 0.797. The van der Waals surface area contributed by atoms with Crippen LogP contribution in [0.25, 0.3) is 0 Å². The van der Waals surface area contributed by atoms with Crippen LogP contribution < -0.4 is 0 Å². The highest BCUT2D eigenvalue weighted by Crippen LogP contribution is 2.32. The largest absolute Gasteiger partial charge is 0.481 e. The first-order chi connectivity index (χ1) is 5.39. The average Bonchev–Trinajstić information content (AvgIpc) is 1.86. The first-order valence-electron chi connectivity index (χ1n) is 3.22. The number of aliphatic carboxylic acids is 2. The molecule has 0 unspecified atom stereocenters. The van der Waals surface area contributed by atoms with Crippen molar-refractivity contribution in [2.75, 3.05) is 0 Å². The molecule has 0 aliphatic rings. The van der Waals surface area contributed by atoms with E-state index in [2.05, 4.69) is 0 Å². The summed E-state index contributed by atoms with van der Waals surface area (Å²) in [4.78, 5) is 20.9. The van der Waals surface area contributed by atoms with Crippen LogP contribution in [0.4, 0.5) is 0 Å². The quantitative estimate of drug-likeness (QED) is 0.315. The monoisotopic (exact) mass is 176 g/mol. The Morgan fingerprint density at radius 1 is 1.25 bits per heavy atom. The fourth-order valence-corrected chi connectivity index (χ4v) is 0.797. The molecule has 0 heterocycles. The predicted molar refractivity (Wildman–Crippen MR) is 38.4 cm³/mol. The van der Waals surface area contributed by atoms with Gasteiger partial charge < -0.3 is 20.3 Å². The lowest BCUT2D eigenvalue weighted by Gasteiger charge is -2.21. The van der Waals surface area contributed by atoms with Gasteiger partial charge in [-0.1, -0.05) is 6.92 Å². The number of hydrogen-bond donors (Lipinski definition) is 4. The van der Waals surface area contributed by atoms with Gasteiger partial charge in [0.15, 0.2) is 5.31 Å². The third-order valence-electron chi connectivity index (χ3n) is 1.76. The zero-order valence-electron chi connectivity index (χ0n) is 6.39. The summed E-state index contributed by atoms with van der Waals surface area (Å²) in [5.41, 5.74) is 0. The molecule has 0 aliphatic heterocycles. The number of hydrogen-bond acceptors (Lipinski definition) is 4. The maximum absolute atomic E-state index is 10.4. The summed E-state index contributed by atoms with van der Waals surface area (Å²) in [5.74, 6) is -3.51. The van der Waals surface area contributed by atoms with Crippen LogP contribution in [0.3, 0.4) is 0 Å². The summed E-state index contributed by atoms with van der Waals surface area (Å²) in [7, 11) is -2.41.